The van der Waals surface area contributed by atoms with E-state index in [0.717, 1.165) is 19.3 Å². The Balaban J connectivity index is 2.60. The van der Waals surface area contributed by atoms with Crippen LogP contribution in [0.4, 0.5) is 0 Å². The standard InChI is InChI=1S/C12H20O2/c1-5-12(4)8-6-7-10(12)14-11(13)9(2)3/h10H,2,5-8H2,1,3-4H3. The summed E-state index contributed by atoms with van der Waals surface area (Å²) < 4.78 is 5.44. The van der Waals surface area contributed by atoms with Crippen molar-refractivity contribution < 1.29 is 9.53 Å². The van der Waals surface area contributed by atoms with Crippen LogP contribution in [-0.2, 0) is 9.53 Å². The molecule has 0 aromatic carbocycles. The molecular weight excluding hydrogens is 176 g/mol. The topological polar surface area (TPSA) is 26.3 Å². The Morgan fingerprint density at radius 3 is 2.79 bits per heavy atom. The van der Waals surface area contributed by atoms with Gasteiger partial charge in [0.1, 0.15) is 6.10 Å². The smallest absolute Gasteiger partial charge is 0.333 e. The SMILES string of the molecule is C=C(C)C(=O)OC1CCCC1(C)CC. The molecule has 1 fully saturated rings. The van der Waals surface area contributed by atoms with E-state index in [1.54, 1.807) is 6.92 Å². The van der Waals surface area contributed by atoms with Gasteiger partial charge in [0, 0.05) is 11.0 Å². The van der Waals surface area contributed by atoms with E-state index < -0.39 is 0 Å². The van der Waals surface area contributed by atoms with Crippen LogP contribution in [-0.4, -0.2) is 12.1 Å². The quantitative estimate of drug-likeness (QED) is 0.512. The van der Waals surface area contributed by atoms with Crippen molar-refractivity contribution in [2.45, 2.75) is 52.6 Å². The van der Waals surface area contributed by atoms with E-state index in [4.69, 9.17) is 4.74 Å². The molecule has 0 amide bonds. The second-order valence-electron chi connectivity index (χ2n) is 4.57. The van der Waals surface area contributed by atoms with Gasteiger partial charge in [-0.2, -0.15) is 0 Å². The van der Waals surface area contributed by atoms with Crippen LogP contribution >= 0.6 is 0 Å². The summed E-state index contributed by atoms with van der Waals surface area (Å²) >= 11 is 0. The van der Waals surface area contributed by atoms with Gasteiger partial charge in [0.2, 0.25) is 0 Å². The second kappa shape index (κ2) is 4.16. The molecule has 14 heavy (non-hydrogen) atoms. The molecular formula is C12H20O2. The molecule has 0 radical (unpaired) electrons. The fourth-order valence-corrected chi connectivity index (χ4v) is 2.04. The van der Waals surface area contributed by atoms with Crippen LogP contribution in [0.3, 0.4) is 0 Å². The van der Waals surface area contributed by atoms with Crippen LogP contribution in [0.25, 0.3) is 0 Å². The highest BCUT2D eigenvalue weighted by molar-refractivity contribution is 5.87. The number of hydrogen-bond donors (Lipinski definition) is 0. The first kappa shape index (κ1) is 11.3. The lowest BCUT2D eigenvalue weighted by Gasteiger charge is -2.29. The molecule has 2 atom stereocenters. The van der Waals surface area contributed by atoms with Crippen LogP contribution in [0, 0.1) is 5.41 Å². The predicted molar refractivity (Wildman–Crippen MR) is 56.9 cm³/mol. The number of carbonyl (C=O) groups is 1. The minimum Gasteiger partial charge on any atom is -0.458 e. The summed E-state index contributed by atoms with van der Waals surface area (Å²) in [7, 11) is 0. The number of rotatable bonds is 3. The average Bonchev–Trinajstić information content (AvgIpc) is 2.49. The summed E-state index contributed by atoms with van der Waals surface area (Å²) in [5.41, 5.74) is 0.681. The van der Waals surface area contributed by atoms with Gasteiger partial charge in [0.25, 0.3) is 0 Å². The molecule has 0 spiro atoms. The Morgan fingerprint density at radius 1 is 1.64 bits per heavy atom. The molecule has 80 valence electrons. The van der Waals surface area contributed by atoms with E-state index in [-0.39, 0.29) is 17.5 Å². The highest BCUT2D eigenvalue weighted by Crippen LogP contribution is 2.42. The van der Waals surface area contributed by atoms with E-state index in [1.807, 2.05) is 0 Å². The van der Waals surface area contributed by atoms with Gasteiger partial charge in [0.05, 0.1) is 0 Å². The number of esters is 1. The number of hydrogen-bond acceptors (Lipinski definition) is 2. The third-order valence-corrected chi connectivity index (χ3v) is 3.40. The van der Waals surface area contributed by atoms with Crippen molar-refractivity contribution in [3.63, 3.8) is 0 Å². The maximum absolute atomic E-state index is 11.4. The van der Waals surface area contributed by atoms with Crippen molar-refractivity contribution in [3.05, 3.63) is 12.2 Å². The van der Waals surface area contributed by atoms with Crippen molar-refractivity contribution in [1.29, 1.82) is 0 Å². The summed E-state index contributed by atoms with van der Waals surface area (Å²) in [6.07, 6.45) is 4.50. The Morgan fingerprint density at radius 2 is 2.29 bits per heavy atom. The summed E-state index contributed by atoms with van der Waals surface area (Å²) in [6, 6.07) is 0. The minimum atomic E-state index is -0.239. The van der Waals surface area contributed by atoms with Crippen molar-refractivity contribution in [2.24, 2.45) is 5.41 Å². The van der Waals surface area contributed by atoms with Gasteiger partial charge >= 0.3 is 5.97 Å². The zero-order valence-corrected chi connectivity index (χ0v) is 9.43. The van der Waals surface area contributed by atoms with Crippen LogP contribution in [0.15, 0.2) is 12.2 Å². The van der Waals surface area contributed by atoms with E-state index in [1.165, 1.54) is 6.42 Å². The highest BCUT2D eigenvalue weighted by Gasteiger charge is 2.39. The van der Waals surface area contributed by atoms with Gasteiger partial charge in [0.15, 0.2) is 0 Å². The predicted octanol–water partition coefficient (Wildman–Crippen LogP) is 3.07. The van der Waals surface area contributed by atoms with Crippen LogP contribution in [0.5, 0.6) is 0 Å². The molecule has 0 aliphatic heterocycles. The molecule has 0 aromatic rings. The first-order chi connectivity index (χ1) is 6.49. The average molecular weight is 196 g/mol. The van der Waals surface area contributed by atoms with Gasteiger partial charge < -0.3 is 4.74 Å². The Hall–Kier alpha value is -0.790. The van der Waals surface area contributed by atoms with Gasteiger partial charge in [-0.3, -0.25) is 0 Å². The molecule has 0 bridgehead atoms. The van der Waals surface area contributed by atoms with Gasteiger partial charge in [-0.1, -0.05) is 20.4 Å². The molecule has 1 saturated carbocycles. The third-order valence-electron chi connectivity index (χ3n) is 3.40. The Labute approximate surface area is 86.3 Å². The summed E-state index contributed by atoms with van der Waals surface area (Å²) in [6.45, 7) is 9.66. The first-order valence-electron chi connectivity index (χ1n) is 5.36. The molecule has 0 N–H and O–H groups in total. The third kappa shape index (κ3) is 2.17. The minimum absolute atomic E-state index is 0.0942. The van der Waals surface area contributed by atoms with E-state index in [0.29, 0.717) is 5.57 Å². The molecule has 2 unspecified atom stereocenters. The molecule has 2 heteroatoms. The van der Waals surface area contributed by atoms with Gasteiger partial charge in [-0.15, -0.1) is 0 Å². The fraction of sp³-hybridized carbons (Fsp3) is 0.750. The lowest BCUT2D eigenvalue weighted by atomic mass is 9.84. The maximum Gasteiger partial charge on any atom is 0.333 e. The van der Waals surface area contributed by atoms with E-state index >= 15 is 0 Å². The van der Waals surface area contributed by atoms with Gasteiger partial charge in [-0.05, 0) is 32.6 Å². The van der Waals surface area contributed by atoms with E-state index in [9.17, 15) is 4.79 Å². The second-order valence-corrected chi connectivity index (χ2v) is 4.57. The highest BCUT2D eigenvalue weighted by atomic mass is 16.5. The van der Waals surface area contributed by atoms with Crippen molar-refractivity contribution in [1.82, 2.24) is 0 Å². The molecule has 2 nitrogen and oxygen atoms in total. The Bertz CT molecular complexity index is 245. The zero-order valence-electron chi connectivity index (χ0n) is 9.43. The molecule has 0 aromatic heterocycles. The zero-order chi connectivity index (χ0) is 10.8. The van der Waals surface area contributed by atoms with Crippen LogP contribution in [0.2, 0.25) is 0 Å². The summed E-state index contributed by atoms with van der Waals surface area (Å²) in [5.74, 6) is -0.239. The molecule has 1 rings (SSSR count). The number of ether oxygens (including phenoxy) is 1. The van der Waals surface area contributed by atoms with Crippen molar-refractivity contribution in [2.75, 3.05) is 0 Å². The molecule has 1 aliphatic carbocycles. The number of carbonyl (C=O) groups excluding carboxylic acids is 1. The van der Waals surface area contributed by atoms with E-state index in [2.05, 4.69) is 20.4 Å². The first-order valence-corrected chi connectivity index (χ1v) is 5.36. The lowest BCUT2D eigenvalue weighted by molar-refractivity contribution is -0.149. The summed E-state index contributed by atoms with van der Waals surface area (Å²) in [4.78, 5) is 11.4. The largest absolute Gasteiger partial charge is 0.458 e. The normalized spacial score (nSPS) is 31.5. The van der Waals surface area contributed by atoms with Crippen LogP contribution < -0.4 is 0 Å². The Kier molecular flexibility index (Phi) is 3.35. The van der Waals surface area contributed by atoms with Crippen LogP contribution in [0.1, 0.15) is 46.5 Å². The maximum atomic E-state index is 11.4. The molecule has 0 heterocycles. The molecule has 1 aliphatic rings. The summed E-state index contributed by atoms with van der Waals surface area (Å²) in [5, 5.41) is 0. The van der Waals surface area contributed by atoms with Gasteiger partial charge in [-0.25, -0.2) is 4.79 Å². The van der Waals surface area contributed by atoms with Crippen molar-refractivity contribution in [3.8, 4) is 0 Å². The molecule has 0 saturated heterocycles. The lowest BCUT2D eigenvalue weighted by Crippen LogP contribution is -2.31. The monoisotopic (exact) mass is 196 g/mol. The van der Waals surface area contributed by atoms with Crippen molar-refractivity contribution >= 4 is 5.97 Å². The fourth-order valence-electron chi connectivity index (χ4n) is 2.04.